The highest BCUT2D eigenvalue weighted by molar-refractivity contribution is 6.31. The summed E-state index contributed by atoms with van der Waals surface area (Å²) in [6, 6.07) is 20.2. The third kappa shape index (κ3) is 2.13. The van der Waals surface area contributed by atoms with E-state index in [9.17, 15) is 4.39 Å². The number of rotatable bonds is 1. The van der Waals surface area contributed by atoms with Gasteiger partial charge in [-0.05, 0) is 35.7 Å². The molecule has 1 nitrogen and oxygen atoms in total. The van der Waals surface area contributed by atoms with Crippen molar-refractivity contribution in [2.75, 3.05) is 0 Å². The molecule has 4 rings (SSSR count). The number of fused-ring (bicyclic) bond motifs is 3. The second-order valence-corrected chi connectivity index (χ2v) is 5.61. The summed E-state index contributed by atoms with van der Waals surface area (Å²) in [6.07, 6.45) is 0. The molecule has 3 aromatic carbocycles. The van der Waals surface area contributed by atoms with Crippen molar-refractivity contribution in [1.29, 1.82) is 0 Å². The van der Waals surface area contributed by atoms with E-state index in [1.54, 1.807) is 18.2 Å². The molecule has 0 bridgehead atoms. The molecule has 4 aromatic rings. The van der Waals surface area contributed by atoms with Gasteiger partial charge in [-0.2, -0.15) is 0 Å². The molecule has 22 heavy (non-hydrogen) atoms. The van der Waals surface area contributed by atoms with Crippen LogP contribution in [0.5, 0.6) is 0 Å². The summed E-state index contributed by atoms with van der Waals surface area (Å²) in [6.45, 7) is 0. The maximum Gasteiger partial charge on any atom is 0.123 e. The summed E-state index contributed by atoms with van der Waals surface area (Å²) in [4.78, 5) is 4.76. The molecule has 0 spiro atoms. The minimum Gasteiger partial charge on any atom is -0.247 e. The Labute approximate surface area is 132 Å². The molecule has 0 aliphatic rings. The highest BCUT2D eigenvalue weighted by atomic mass is 35.5. The van der Waals surface area contributed by atoms with Crippen molar-refractivity contribution >= 4 is 33.3 Å². The quantitative estimate of drug-likeness (QED) is 0.402. The van der Waals surface area contributed by atoms with E-state index in [1.807, 2.05) is 42.5 Å². The van der Waals surface area contributed by atoms with Crippen LogP contribution in [0.2, 0.25) is 5.02 Å². The van der Waals surface area contributed by atoms with Gasteiger partial charge in [-0.1, -0.05) is 48.0 Å². The predicted octanol–water partition coefficient (Wildman–Crippen LogP) is 5.85. The summed E-state index contributed by atoms with van der Waals surface area (Å²) in [5.74, 6) is -0.256. The van der Waals surface area contributed by atoms with Crippen molar-refractivity contribution in [3.05, 3.63) is 77.6 Å². The van der Waals surface area contributed by atoms with Crippen LogP contribution in [0.1, 0.15) is 0 Å². The molecule has 0 aliphatic heterocycles. The Kier molecular flexibility index (Phi) is 3.05. The number of halogens is 2. The molecule has 0 unspecified atom stereocenters. The Hall–Kier alpha value is -2.45. The van der Waals surface area contributed by atoms with Crippen molar-refractivity contribution in [2.45, 2.75) is 0 Å². The Morgan fingerprint density at radius 3 is 2.36 bits per heavy atom. The first-order valence-electron chi connectivity index (χ1n) is 6.96. The lowest BCUT2D eigenvalue weighted by molar-refractivity contribution is 0.630. The van der Waals surface area contributed by atoms with Gasteiger partial charge in [0.25, 0.3) is 0 Å². The highest BCUT2D eigenvalue weighted by Gasteiger charge is 2.11. The molecule has 0 radical (unpaired) electrons. The van der Waals surface area contributed by atoms with Crippen LogP contribution in [0.15, 0.2) is 66.7 Å². The first-order chi connectivity index (χ1) is 10.7. The van der Waals surface area contributed by atoms with Crippen LogP contribution in [-0.4, -0.2) is 4.98 Å². The molecule has 1 aromatic heterocycles. The number of pyridine rings is 1. The van der Waals surface area contributed by atoms with Crippen molar-refractivity contribution in [3.8, 4) is 11.3 Å². The van der Waals surface area contributed by atoms with E-state index in [4.69, 9.17) is 16.6 Å². The Morgan fingerprint density at radius 1 is 0.773 bits per heavy atom. The summed E-state index contributed by atoms with van der Waals surface area (Å²) in [7, 11) is 0. The van der Waals surface area contributed by atoms with Gasteiger partial charge in [0.05, 0.1) is 11.2 Å². The zero-order chi connectivity index (χ0) is 15.1. The van der Waals surface area contributed by atoms with Crippen LogP contribution in [-0.2, 0) is 0 Å². The lowest BCUT2D eigenvalue weighted by atomic mass is 10.00. The molecule has 0 saturated carbocycles. The van der Waals surface area contributed by atoms with Gasteiger partial charge in [-0.3, -0.25) is 0 Å². The predicted molar refractivity (Wildman–Crippen MR) is 89.7 cm³/mol. The van der Waals surface area contributed by atoms with Gasteiger partial charge in [0.1, 0.15) is 5.82 Å². The van der Waals surface area contributed by atoms with Gasteiger partial charge >= 0.3 is 0 Å². The Balaban J connectivity index is 2.19. The lowest BCUT2D eigenvalue weighted by Gasteiger charge is -2.10. The van der Waals surface area contributed by atoms with E-state index in [1.165, 1.54) is 6.07 Å². The molecular weight excluding hydrogens is 297 g/mol. The summed E-state index contributed by atoms with van der Waals surface area (Å²) in [5, 5.41) is 3.30. The third-order valence-corrected chi connectivity index (χ3v) is 4.00. The van der Waals surface area contributed by atoms with Crippen LogP contribution in [0.25, 0.3) is 32.9 Å². The van der Waals surface area contributed by atoms with Crippen molar-refractivity contribution < 1.29 is 4.39 Å². The summed E-state index contributed by atoms with van der Waals surface area (Å²) < 4.78 is 13.7. The maximum absolute atomic E-state index is 13.7. The maximum atomic E-state index is 13.7. The van der Waals surface area contributed by atoms with Crippen LogP contribution in [0, 0.1) is 5.82 Å². The fourth-order valence-electron chi connectivity index (χ4n) is 2.77. The molecular formula is C19H11ClFN. The average molecular weight is 308 g/mol. The summed E-state index contributed by atoms with van der Waals surface area (Å²) in [5.41, 5.74) is 2.61. The molecule has 3 heteroatoms. The van der Waals surface area contributed by atoms with Gasteiger partial charge in [-0.25, -0.2) is 9.37 Å². The van der Waals surface area contributed by atoms with E-state index in [-0.39, 0.29) is 5.82 Å². The smallest absolute Gasteiger partial charge is 0.123 e. The van der Waals surface area contributed by atoms with Gasteiger partial charge in [0, 0.05) is 21.4 Å². The van der Waals surface area contributed by atoms with E-state index in [0.717, 1.165) is 32.9 Å². The van der Waals surface area contributed by atoms with Crippen molar-refractivity contribution in [1.82, 2.24) is 4.98 Å². The van der Waals surface area contributed by atoms with E-state index in [0.29, 0.717) is 5.02 Å². The average Bonchev–Trinajstić information content (AvgIpc) is 2.54. The molecule has 0 aliphatic carbocycles. The molecule has 0 atom stereocenters. The number of nitrogens with zero attached hydrogens (tertiary/aromatic N) is 1. The number of hydrogen-bond acceptors (Lipinski definition) is 1. The zero-order valence-corrected chi connectivity index (χ0v) is 12.3. The largest absolute Gasteiger partial charge is 0.247 e. The Bertz CT molecular complexity index is 996. The normalized spacial score (nSPS) is 11.2. The van der Waals surface area contributed by atoms with Crippen LogP contribution >= 0.6 is 11.6 Å². The Morgan fingerprint density at radius 2 is 1.55 bits per heavy atom. The second-order valence-electron chi connectivity index (χ2n) is 5.18. The van der Waals surface area contributed by atoms with Gasteiger partial charge in [0.15, 0.2) is 0 Å². The molecule has 106 valence electrons. The van der Waals surface area contributed by atoms with E-state index < -0.39 is 0 Å². The summed E-state index contributed by atoms with van der Waals surface area (Å²) >= 11 is 6.09. The second kappa shape index (κ2) is 5.08. The third-order valence-electron chi connectivity index (χ3n) is 3.77. The highest BCUT2D eigenvalue weighted by Crippen LogP contribution is 2.33. The first kappa shape index (κ1) is 13.2. The lowest BCUT2D eigenvalue weighted by Crippen LogP contribution is -1.90. The number of benzene rings is 3. The standard InChI is InChI=1S/C19H11ClFN/c20-13-6-8-15-17-11-14(21)7-9-16(17)19(22-18(15)10-13)12-4-2-1-3-5-12/h1-11H. The fourth-order valence-corrected chi connectivity index (χ4v) is 2.93. The van der Waals surface area contributed by atoms with Crippen LogP contribution in [0.3, 0.4) is 0 Å². The van der Waals surface area contributed by atoms with E-state index in [2.05, 4.69) is 0 Å². The topological polar surface area (TPSA) is 12.9 Å². The molecule has 0 fully saturated rings. The van der Waals surface area contributed by atoms with Crippen molar-refractivity contribution in [3.63, 3.8) is 0 Å². The first-order valence-corrected chi connectivity index (χ1v) is 7.34. The zero-order valence-electron chi connectivity index (χ0n) is 11.6. The number of aromatic nitrogens is 1. The van der Waals surface area contributed by atoms with Crippen LogP contribution < -0.4 is 0 Å². The van der Waals surface area contributed by atoms with Gasteiger partial charge in [-0.15, -0.1) is 0 Å². The molecule has 0 saturated heterocycles. The van der Waals surface area contributed by atoms with Crippen molar-refractivity contribution in [2.24, 2.45) is 0 Å². The SMILES string of the molecule is Fc1ccc2c(-c3ccccc3)nc3cc(Cl)ccc3c2c1. The van der Waals surface area contributed by atoms with Crippen LogP contribution in [0.4, 0.5) is 4.39 Å². The molecule has 0 amide bonds. The van der Waals surface area contributed by atoms with E-state index >= 15 is 0 Å². The fraction of sp³-hybridized carbons (Fsp3) is 0. The van der Waals surface area contributed by atoms with Gasteiger partial charge < -0.3 is 0 Å². The minimum absolute atomic E-state index is 0.256. The van der Waals surface area contributed by atoms with Gasteiger partial charge in [0.2, 0.25) is 0 Å². The molecule has 0 N–H and O–H groups in total. The molecule has 1 heterocycles. The monoisotopic (exact) mass is 307 g/mol. The minimum atomic E-state index is -0.256. The number of hydrogen-bond donors (Lipinski definition) is 0.